The Bertz CT molecular complexity index is 71.2. The molecule has 0 saturated heterocycles. The van der Waals surface area contributed by atoms with Crippen molar-refractivity contribution >= 4 is 23.1 Å². The molecule has 6 heavy (non-hydrogen) atoms. The van der Waals surface area contributed by atoms with E-state index in [0.29, 0.717) is 0 Å². The van der Waals surface area contributed by atoms with E-state index in [1.165, 1.54) is 0 Å². The van der Waals surface area contributed by atoms with E-state index in [1.54, 1.807) is 6.26 Å². The van der Waals surface area contributed by atoms with Crippen molar-refractivity contribution in [3.8, 4) is 0 Å². The molecule has 2 nitrogen and oxygen atoms in total. The third-order valence-electron chi connectivity index (χ3n) is 0.319. The van der Waals surface area contributed by atoms with Crippen LogP contribution in [0.25, 0.3) is 0 Å². The largest absolute Gasteiger partial charge is 0.304 e. The van der Waals surface area contributed by atoms with Crippen LogP contribution < -0.4 is 0 Å². The van der Waals surface area contributed by atoms with E-state index in [4.69, 9.17) is 5.41 Å². The highest BCUT2D eigenvalue weighted by Gasteiger charge is 1.84. The summed E-state index contributed by atoms with van der Waals surface area (Å²) in [4.78, 5) is 9.90. The van der Waals surface area contributed by atoms with E-state index in [-0.39, 0.29) is 5.12 Å². The highest BCUT2D eigenvalue weighted by atomic mass is 32.2. The Morgan fingerprint density at radius 2 is 2.50 bits per heavy atom. The van der Waals surface area contributed by atoms with Crippen LogP contribution in [0.2, 0.25) is 0 Å². The molecule has 0 amide bonds. The molecule has 0 heterocycles. The van der Waals surface area contributed by atoms with Crippen molar-refractivity contribution in [2.24, 2.45) is 0 Å². The zero-order chi connectivity index (χ0) is 4.99. The van der Waals surface area contributed by atoms with E-state index < -0.39 is 0 Å². The summed E-state index contributed by atoms with van der Waals surface area (Å²) in [6.45, 7) is 0. The first-order valence-electron chi connectivity index (χ1n) is 1.39. The number of nitrogens with one attached hydrogen (secondary N) is 1. The van der Waals surface area contributed by atoms with Gasteiger partial charge in [-0.2, -0.15) is 0 Å². The van der Waals surface area contributed by atoms with Gasteiger partial charge in [-0.3, -0.25) is 4.79 Å². The van der Waals surface area contributed by atoms with Crippen molar-refractivity contribution in [2.75, 3.05) is 6.26 Å². The van der Waals surface area contributed by atoms with Gasteiger partial charge in [-0.1, -0.05) is 11.8 Å². The SMILES string of the molecule is CSC(=O)C=N. The molecule has 0 aliphatic heterocycles. The lowest BCUT2D eigenvalue weighted by Crippen LogP contribution is -1.86. The van der Waals surface area contributed by atoms with Gasteiger partial charge in [0.1, 0.15) is 0 Å². The fourth-order valence-electron chi connectivity index (χ4n) is 0.0589. The standard InChI is InChI=1S/C3H5NOS/c1-6-3(5)2-4/h2,4H,1H3. The Morgan fingerprint density at radius 1 is 2.00 bits per heavy atom. The molecule has 0 aliphatic carbocycles. The van der Waals surface area contributed by atoms with Crippen LogP contribution in [0.1, 0.15) is 0 Å². The maximum absolute atomic E-state index is 9.90. The van der Waals surface area contributed by atoms with Crippen LogP contribution in [0.4, 0.5) is 0 Å². The Hall–Kier alpha value is -0.310. The van der Waals surface area contributed by atoms with Crippen LogP contribution in [0.15, 0.2) is 0 Å². The first kappa shape index (κ1) is 5.69. The van der Waals surface area contributed by atoms with Crippen molar-refractivity contribution in [1.82, 2.24) is 0 Å². The monoisotopic (exact) mass is 103 g/mol. The van der Waals surface area contributed by atoms with E-state index in [0.717, 1.165) is 18.0 Å². The third-order valence-corrected chi connectivity index (χ3v) is 0.839. The van der Waals surface area contributed by atoms with Gasteiger partial charge in [0.25, 0.3) is 0 Å². The summed E-state index contributed by atoms with van der Waals surface area (Å²) in [6.07, 6.45) is 2.44. The molecule has 0 saturated carbocycles. The van der Waals surface area contributed by atoms with Crippen LogP contribution in [0, 0.1) is 5.41 Å². The fraction of sp³-hybridized carbons (Fsp3) is 0.333. The van der Waals surface area contributed by atoms with Crippen LogP contribution in [-0.4, -0.2) is 17.6 Å². The molecular weight excluding hydrogens is 98.1 g/mol. The molecule has 0 spiro atoms. The summed E-state index contributed by atoms with van der Waals surface area (Å²) in [5.74, 6) is 0. The highest BCUT2D eigenvalue weighted by molar-refractivity contribution is 8.14. The summed E-state index contributed by atoms with van der Waals surface area (Å²) < 4.78 is 0. The van der Waals surface area contributed by atoms with E-state index in [1.807, 2.05) is 0 Å². The maximum Gasteiger partial charge on any atom is 0.229 e. The second kappa shape index (κ2) is 2.90. The number of rotatable bonds is 1. The van der Waals surface area contributed by atoms with Crippen molar-refractivity contribution in [1.29, 1.82) is 5.41 Å². The van der Waals surface area contributed by atoms with Gasteiger partial charge in [-0.25, -0.2) is 0 Å². The molecule has 0 rings (SSSR count). The van der Waals surface area contributed by atoms with Crippen molar-refractivity contribution in [3.05, 3.63) is 0 Å². The molecule has 0 atom stereocenters. The number of thioether (sulfide) groups is 1. The lowest BCUT2D eigenvalue weighted by molar-refractivity contribution is -0.105. The van der Waals surface area contributed by atoms with Crippen molar-refractivity contribution in [3.63, 3.8) is 0 Å². The summed E-state index contributed by atoms with van der Waals surface area (Å²) in [5.41, 5.74) is 0. The van der Waals surface area contributed by atoms with Gasteiger partial charge in [0.15, 0.2) is 0 Å². The summed E-state index contributed by atoms with van der Waals surface area (Å²) >= 11 is 1.04. The van der Waals surface area contributed by atoms with Crippen LogP contribution in [-0.2, 0) is 4.79 Å². The number of hydrogen-bond donors (Lipinski definition) is 1. The Balaban J connectivity index is 3.23. The van der Waals surface area contributed by atoms with Gasteiger partial charge in [0, 0.05) is 0 Å². The molecule has 0 bridgehead atoms. The van der Waals surface area contributed by atoms with E-state index in [9.17, 15) is 4.79 Å². The molecule has 0 aromatic carbocycles. The lowest BCUT2D eigenvalue weighted by Gasteiger charge is -1.73. The summed E-state index contributed by atoms with van der Waals surface area (Å²) in [7, 11) is 0. The highest BCUT2D eigenvalue weighted by Crippen LogP contribution is 1.87. The molecule has 0 radical (unpaired) electrons. The third kappa shape index (κ3) is 1.96. The van der Waals surface area contributed by atoms with Gasteiger partial charge in [-0.05, 0) is 6.26 Å². The number of carbonyl (C=O) groups excluding carboxylic acids is 1. The zero-order valence-electron chi connectivity index (χ0n) is 3.39. The molecule has 0 aliphatic rings. The Labute approximate surface area is 40.4 Å². The first-order valence-corrected chi connectivity index (χ1v) is 2.62. The van der Waals surface area contributed by atoms with Gasteiger partial charge >= 0.3 is 0 Å². The molecule has 0 fully saturated rings. The van der Waals surface area contributed by atoms with Gasteiger partial charge < -0.3 is 5.41 Å². The molecular formula is C3H5NOS. The fourth-order valence-corrected chi connectivity index (χ4v) is 0.177. The second-order valence-electron chi connectivity index (χ2n) is 0.667. The number of carbonyl (C=O) groups is 1. The van der Waals surface area contributed by atoms with Crippen molar-refractivity contribution in [2.45, 2.75) is 0 Å². The summed E-state index contributed by atoms with van der Waals surface area (Å²) in [6, 6.07) is 0. The predicted molar refractivity (Wildman–Crippen MR) is 27.3 cm³/mol. The van der Waals surface area contributed by atoms with Crippen molar-refractivity contribution < 1.29 is 4.79 Å². The van der Waals surface area contributed by atoms with Gasteiger partial charge in [-0.15, -0.1) is 0 Å². The summed E-state index contributed by atoms with van der Waals surface area (Å²) in [5, 5.41) is 6.11. The lowest BCUT2D eigenvalue weighted by atomic mass is 10.9. The van der Waals surface area contributed by atoms with Gasteiger partial charge in [0.05, 0.1) is 6.21 Å². The molecule has 3 heteroatoms. The van der Waals surface area contributed by atoms with E-state index in [2.05, 4.69) is 0 Å². The van der Waals surface area contributed by atoms with Crippen LogP contribution in [0.5, 0.6) is 0 Å². The molecule has 0 unspecified atom stereocenters. The Morgan fingerprint density at radius 3 is 2.50 bits per heavy atom. The predicted octanol–water partition coefficient (Wildman–Crippen LogP) is 0.526. The average molecular weight is 103 g/mol. The minimum Gasteiger partial charge on any atom is -0.304 e. The first-order chi connectivity index (χ1) is 2.81. The van der Waals surface area contributed by atoms with E-state index >= 15 is 0 Å². The zero-order valence-corrected chi connectivity index (χ0v) is 4.21. The molecule has 0 aromatic rings. The van der Waals surface area contributed by atoms with Crippen LogP contribution in [0.3, 0.4) is 0 Å². The molecule has 1 N–H and O–H groups in total. The Kier molecular flexibility index (Phi) is 2.75. The molecule has 0 aromatic heterocycles. The second-order valence-corrected chi connectivity index (χ2v) is 1.48. The smallest absolute Gasteiger partial charge is 0.229 e. The minimum absolute atomic E-state index is 0.199. The van der Waals surface area contributed by atoms with Gasteiger partial charge in [0.2, 0.25) is 5.12 Å². The molecule has 34 valence electrons. The topological polar surface area (TPSA) is 40.9 Å². The van der Waals surface area contributed by atoms with Crippen LogP contribution >= 0.6 is 11.8 Å². The normalized spacial score (nSPS) is 7.50. The number of hydrogen-bond acceptors (Lipinski definition) is 3. The quantitative estimate of drug-likeness (QED) is 0.492. The minimum atomic E-state index is -0.199. The maximum atomic E-state index is 9.90. The average Bonchev–Trinajstić information content (AvgIpc) is 1.65.